The van der Waals surface area contributed by atoms with Gasteiger partial charge in [-0.2, -0.15) is 18.3 Å². The van der Waals surface area contributed by atoms with Crippen LogP contribution in [0, 0.1) is 0 Å². The fraction of sp³-hybridized carbons (Fsp3) is 0.182. The van der Waals surface area contributed by atoms with Crippen LogP contribution < -0.4 is 5.32 Å². The lowest BCUT2D eigenvalue weighted by Crippen LogP contribution is -2.18. The molecule has 1 amide bonds. The third kappa shape index (κ3) is 2.94. The van der Waals surface area contributed by atoms with E-state index in [2.05, 4.69) is 15.4 Å². The summed E-state index contributed by atoms with van der Waals surface area (Å²) in [5.41, 5.74) is -0.837. The number of carbonyl (C=O) groups is 1. The van der Waals surface area contributed by atoms with Gasteiger partial charge in [-0.3, -0.25) is 4.79 Å². The van der Waals surface area contributed by atoms with Crippen LogP contribution in [0.25, 0.3) is 5.69 Å². The molecule has 0 bridgehead atoms. The minimum atomic E-state index is -4.54. The summed E-state index contributed by atoms with van der Waals surface area (Å²) in [6.45, 7) is -0.840. The molecule has 0 spiro atoms. The molecule has 0 radical (unpaired) electrons. The SMILES string of the molecule is O=C(CO)Nc1cc(C(F)(F)F)ccc1-n1cncn1. The van der Waals surface area contributed by atoms with E-state index in [0.29, 0.717) is 0 Å². The molecule has 20 heavy (non-hydrogen) atoms. The first-order chi connectivity index (χ1) is 9.41. The molecule has 2 rings (SSSR count). The average Bonchev–Trinajstić information content (AvgIpc) is 2.91. The normalized spacial score (nSPS) is 11.4. The predicted octanol–water partition coefficient (Wildman–Crippen LogP) is 1.22. The Balaban J connectivity index is 2.49. The van der Waals surface area contributed by atoms with Crippen LogP contribution in [0.3, 0.4) is 0 Å². The van der Waals surface area contributed by atoms with Crippen molar-refractivity contribution in [2.75, 3.05) is 11.9 Å². The van der Waals surface area contributed by atoms with Crippen molar-refractivity contribution in [2.24, 2.45) is 0 Å². The largest absolute Gasteiger partial charge is 0.416 e. The van der Waals surface area contributed by atoms with E-state index < -0.39 is 24.3 Å². The Morgan fingerprint density at radius 1 is 1.40 bits per heavy atom. The van der Waals surface area contributed by atoms with Crippen molar-refractivity contribution < 1.29 is 23.1 Å². The highest BCUT2D eigenvalue weighted by Gasteiger charge is 2.31. The number of carbonyl (C=O) groups excluding carboxylic acids is 1. The van der Waals surface area contributed by atoms with Crippen LogP contribution in [0.15, 0.2) is 30.9 Å². The first kappa shape index (κ1) is 14.0. The van der Waals surface area contributed by atoms with Gasteiger partial charge >= 0.3 is 6.18 Å². The Kier molecular flexibility index (Phi) is 3.70. The van der Waals surface area contributed by atoms with Gasteiger partial charge in [-0.1, -0.05) is 0 Å². The molecule has 106 valence electrons. The minimum Gasteiger partial charge on any atom is -0.387 e. The summed E-state index contributed by atoms with van der Waals surface area (Å²) in [5, 5.41) is 14.6. The number of aromatic nitrogens is 3. The fourth-order valence-corrected chi connectivity index (χ4v) is 1.53. The van der Waals surface area contributed by atoms with Crippen molar-refractivity contribution in [1.82, 2.24) is 14.8 Å². The number of halogens is 3. The number of amides is 1. The second-order valence-electron chi connectivity index (χ2n) is 3.78. The highest BCUT2D eigenvalue weighted by Crippen LogP contribution is 2.33. The molecule has 0 unspecified atom stereocenters. The number of aliphatic hydroxyl groups is 1. The number of hydrogen-bond acceptors (Lipinski definition) is 4. The number of rotatable bonds is 3. The van der Waals surface area contributed by atoms with Crippen molar-refractivity contribution in [3.8, 4) is 5.69 Å². The van der Waals surface area contributed by atoms with E-state index in [-0.39, 0.29) is 11.4 Å². The summed E-state index contributed by atoms with van der Waals surface area (Å²) in [4.78, 5) is 14.9. The predicted molar refractivity (Wildman–Crippen MR) is 62.1 cm³/mol. The summed E-state index contributed by atoms with van der Waals surface area (Å²) in [7, 11) is 0. The lowest BCUT2D eigenvalue weighted by Gasteiger charge is -2.13. The summed E-state index contributed by atoms with van der Waals surface area (Å²) in [6, 6.07) is 2.79. The van der Waals surface area contributed by atoms with Crippen LogP contribution in [0.1, 0.15) is 5.56 Å². The molecule has 0 aliphatic carbocycles. The monoisotopic (exact) mass is 286 g/mol. The Bertz CT molecular complexity index is 611. The van der Waals surface area contributed by atoms with Crippen LogP contribution >= 0.6 is 0 Å². The Labute approximate surface area is 110 Å². The standard InChI is InChI=1S/C11H9F3N4O2/c12-11(13,14)7-1-2-9(18-6-15-5-16-18)8(3-7)17-10(20)4-19/h1-3,5-6,19H,4H2,(H,17,20). The van der Waals surface area contributed by atoms with Gasteiger partial charge in [0, 0.05) is 0 Å². The van der Waals surface area contributed by atoms with Crippen LogP contribution in [0.4, 0.5) is 18.9 Å². The van der Waals surface area contributed by atoms with Crippen LogP contribution in [-0.4, -0.2) is 32.4 Å². The second-order valence-corrected chi connectivity index (χ2v) is 3.78. The molecule has 2 N–H and O–H groups in total. The quantitative estimate of drug-likeness (QED) is 0.889. The molecule has 0 atom stereocenters. The van der Waals surface area contributed by atoms with Gasteiger partial charge in [0.25, 0.3) is 0 Å². The first-order valence-corrected chi connectivity index (χ1v) is 5.39. The molecule has 1 heterocycles. The van der Waals surface area contributed by atoms with E-state index in [1.165, 1.54) is 17.3 Å². The zero-order chi connectivity index (χ0) is 14.8. The number of alkyl halides is 3. The summed E-state index contributed by atoms with van der Waals surface area (Å²) in [6.07, 6.45) is -2.06. The highest BCUT2D eigenvalue weighted by molar-refractivity contribution is 5.93. The third-order valence-electron chi connectivity index (χ3n) is 2.41. The summed E-state index contributed by atoms with van der Waals surface area (Å²) in [5.74, 6) is -0.828. The van der Waals surface area contributed by atoms with Crippen molar-refractivity contribution in [1.29, 1.82) is 0 Å². The van der Waals surface area contributed by atoms with Crippen LogP contribution in [0.5, 0.6) is 0 Å². The third-order valence-corrected chi connectivity index (χ3v) is 2.41. The summed E-state index contributed by atoms with van der Waals surface area (Å²) >= 11 is 0. The van der Waals surface area contributed by atoms with Gasteiger partial charge in [-0.25, -0.2) is 9.67 Å². The number of anilines is 1. The number of hydrogen-bond donors (Lipinski definition) is 2. The van der Waals surface area contributed by atoms with E-state index in [4.69, 9.17) is 5.11 Å². The zero-order valence-corrected chi connectivity index (χ0v) is 9.92. The maximum absolute atomic E-state index is 12.7. The van der Waals surface area contributed by atoms with E-state index in [9.17, 15) is 18.0 Å². The van der Waals surface area contributed by atoms with Gasteiger partial charge < -0.3 is 10.4 Å². The molecule has 6 nitrogen and oxygen atoms in total. The number of aliphatic hydroxyl groups excluding tert-OH is 1. The first-order valence-electron chi connectivity index (χ1n) is 5.39. The lowest BCUT2D eigenvalue weighted by molar-refractivity contribution is -0.137. The second kappa shape index (κ2) is 5.29. The molecule has 0 aliphatic heterocycles. The van der Waals surface area contributed by atoms with E-state index in [0.717, 1.165) is 18.2 Å². The van der Waals surface area contributed by atoms with Gasteiger partial charge in [-0.05, 0) is 18.2 Å². The molecular formula is C11H9F3N4O2. The maximum atomic E-state index is 12.7. The molecule has 0 saturated carbocycles. The molecule has 0 fully saturated rings. The topological polar surface area (TPSA) is 80.0 Å². The van der Waals surface area contributed by atoms with Crippen molar-refractivity contribution in [3.63, 3.8) is 0 Å². The molecule has 0 aliphatic rings. The number of benzene rings is 1. The Morgan fingerprint density at radius 2 is 2.15 bits per heavy atom. The van der Waals surface area contributed by atoms with E-state index >= 15 is 0 Å². The van der Waals surface area contributed by atoms with Gasteiger partial charge in [-0.15, -0.1) is 0 Å². The van der Waals surface area contributed by atoms with Crippen LogP contribution in [-0.2, 0) is 11.0 Å². The van der Waals surface area contributed by atoms with Gasteiger partial charge in [0.1, 0.15) is 19.3 Å². The zero-order valence-electron chi connectivity index (χ0n) is 9.92. The number of nitrogens with one attached hydrogen (secondary N) is 1. The van der Waals surface area contributed by atoms with Gasteiger partial charge in [0.15, 0.2) is 0 Å². The highest BCUT2D eigenvalue weighted by atomic mass is 19.4. The van der Waals surface area contributed by atoms with Crippen LogP contribution in [0.2, 0.25) is 0 Å². The van der Waals surface area contributed by atoms with Crippen molar-refractivity contribution >= 4 is 11.6 Å². The molecule has 9 heteroatoms. The summed E-state index contributed by atoms with van der Waals surface area (Å²) < 4.78 is 39.2. The fourth-order valence-electron chi connectivity index (χ4n) is 1.53. The molecule has 0 saturated heterocycles. The van der Waals surface area contributed by atoms with Gasteiger partial charge in [0.2, 0.25) is 5.91 Å². The smallest absolute Gasteiger partial charge is 0.387 e. The molecule has 1 aromatic heterocycles. The number of nitrogens with zero attached hydrogens (tertiary/aromatic N) is 3. The average molecular weight is 286 g/mol. The lowest BCUT2D eigenvalue weighted by atomic mass is 10.1. The van der Waals surface area contributed by atoms with Crippen molar-refractivity contribution in [2.45, 2.75) is 6.18 Å². The minimum absolute atomic E-state index is 0.121. The van der Waals surface area contributed by atoms with Crippen molar-refractivity contribution in [3.05, 3.63) is 36.4 Å². The van der Waals surface area contributed by atoms with E-state index in [1.807, 2.05) is 0 Å². The maximum Gasteiger partial charge on any atom is 0.416 e. The Hall–Kier alpha value is -2.42. The van der Waals surface area contributed by atoms with E-state index in [1.54, 1.807) is 0 Å². The molecular weight excluding hydrogens is 277 g/mol. The molecule has 1 aromatic carbocycles. The van der Waals surface area contributed by atoms with Gasteiger partial charge in [0.05, 0.1) is 16.9 Å². The Morgan fingerprint density at radius 3 is 2.70 bits per heavy atom. The molecule has 2 aromatic rings.